The summed E-state index contributed by atoms with van der Waals surface area (Å²) in [5, 5.41) is 11.6. The Morgan fingerprint density at radius 3 is 2.62 bits per heavy atom. The molecule has 29 heavy (non-hydrogen) atoms. The van der Waals surface area contributed by atoms with Crippen molar-refractivity contribution in [2.24, 2.45) is 7.05 Å². The third-order valence-electron chi connectivity index (χ3n) is 3.97. The molecule has 2 N–H and O–H groups in total. The number of nitrogens with zero attached hydrogens (tertiary/aromatic N) is 2. The molecule has 0 bridgehead atoms. The second-order valence-corrected chi connectivity index (χ2v) is 7.10. The minimum atomic E-state index is -0.750. The number of esters is 1. The zero-order valence-corrected chi connectivity index (χ0v) is 16.3. The van der Waals surface area contributed by atoms with Crippen molar-refractivity contribution in [1.29, 1.82) is 0 Å². The number of urea groups is 1. The monoisotopic (exact) mass is 414 g/mol. The Morgan fingerprint density at radius 2 is 1.90 bits per heavy atom. The number of aromatic nitrogens is 2. The first-order valence-corrected chi connectivity index (χ1v) is 9.52. The fourth-order valence-corrected chi connectivity index (χ4v) is 3.27. The molecule has 0 spiro atoms. The number of aryl methyl sites for hydroxylation is 1. The first kappa shape index (κ1) is 20.2. The van der Waals surface area contributed by atoms with Gasteiger partial charge in [-0.2, -0.15) is 5.10 Å². The summed E-state index contributed by atoms with van der Waals surface area (Å²) in [6.07, 6.45) is -0.216. The van der Waals surface area contributed by atoms with Crippen molar-refractivity contribution in [3.8, 4) is 0 Å². The van der Waals surface area contributed by atoms with Gasteiger partial charge in [-0.25, -0.2) is 9.48 Å². The number of fused-ring (bicyclic) bond motifs is 1. The summed E-state index contributed by atoms with van der Waals surface area (Å²) in [5.41, 5.74) is 0.0902. The van der Waals surface area contributed by atoms with Crippen LogP contribution in [0.5, 0.6) is 0 Å². The predicted molar refractivity (Wildman–Crippen MR) is 106 cm³/mol. The highest BCUT2D eigenvalue weighted by molar-refractivity contribution is 7.09. The van der Waals surface area contributed by atoms with Gasteiger partial charge in [0.2, 0.25) is 0 Å². The van der Waals surface area contributed by atoms with Crippen LogP contribution in [0.15, 0.2) is 46.6 Å². The highest BCUT2D eigenvalue weighted by Gasteiger charge is 2.15. The lowest BCUT2D eigenvalue weighted by molar-refractivity contribution is -0.147. The Balaban J connectivity index is 1.52. The number of imide groups is 1. The second-order valence-electron chi connectivity index (χ2n) is 6.07. The largest absolute Gasteiger partial charge is 0.455 e. The molecule has 0 radical (unpaired) electrons. The average Bonchev–Trinajstić information content (AvgIpc) is 3.22. The summed E-state index contributed by atoms with van der Waals surface area (Å²) in [6.45, 7) is -0.309. The molecule has 3 rings (SSSR count). The van der Waals surface area contributed by atoms with E-state index in [9.17, 15) is 19.2 Å². The van der Waals surface area contributed by atoms with E-state index in [2.05, 4.69) is 15.7 Å². The molecule has 9 nitrogen and oxygen atoms in total. The Morgan fingerprint density at radius 1 is 1.14 bits per heavy atom. The van der Waals surface area contributed by atoms with E-state index in [-0.39, 0.29) is 12.0 Å². The van der Waals surface area contributed by atoms with Crippen molar-refractivity contribution < 1.29 is 19.1 Å². The fraction of sp³-hybridized carbons (Fsp3) is 0.211. The molecule has 0 unspecified atom stereocenters. The summed E-state index contributed by atoms with van der Waals surface area (Å²) in [7, 11) is 1.49. The maximum absolute atomic E-state index is 12.1. The number of benzene rings is 1. The van der Waals surface area contributed by atoms with Crippen LogP contribution in [0.1, 0.15) is 10.6 Å². The summed E-state index contributed by atoms with van der Waals surface area (Å²) < 4.78 is 6.07. The van der Waals surface area contributed by atoms with Crippen LogP contribution in [0.4, 0.5) is 4.79 Å². The molecule has 2 aromatic heterocycles. The maximum atomic E-state index is 12.1. The number of nitrogens with one attached hydrogen (secondary N) is 2. The van der Waals surface area contributed by atoms with Crippen LogP contribution in [-0.2, 0) is 34.3 Å². The van der Waals surface area contributed by atoms with Gasteiger partial charge in [0, 0.05) is 17.3 Å². The Kier molecular flexibility index (Phi) is 6.35. The van der Waals surface area contributed by atoms with Crippen molar-refractivity contribution >= 4 is 40.0 Å². The molecule has 0 saturated heterocycles. The number of rotatable bonds is 6. The first-order chi connectivity index (χ1) is 13.9. The van der Waals surface area contributed by atoms with Gasteiger partial charge in [-0.15, -0.1) is 11.3 Å². The molecule has 0 aliphatic heterocycles. The van der Waals surface area contributed by atoms with Gasteiger partial charge in [0.25, 0.3) is 11.5 Å². The zero-order valence-electron chi connectivity index (χ0n) is 15.5. The van der Waals surface area contributed by atoms with E-state index in [1.807, 2.05) is 17.5 Å². The molecule has 3 aromatic rings. The minimum Gasteiger partial charge on any atom is -0.455 e. The molecular formula is C19H18N4O5S. The standard InChI is InChI=1S/C19H18N4O5S/c1-23-18(26)14-7-3-2-6-13(14)15(22-23)9-17(25)28-11-16(24)21-19(27)20-10-12-5-4-8-29-12/h2-8H,9-11H2,1H3,(H2,20,21,24,27). The maximum Gasteiger partial charge on any atom is 0.321 e. The number of hydrogen-bond acceptors (Lipinski definition) is 7. The summed E-state index contributed by atoms with van der Waals surface area (Å²) in [6, 6.07) is 9.83. The van der Waals surface area contributed by atoms with E-state index in [0.29, 0.717) is 23.0 Å². The van der Waals surface area contributed by atoms with E-state index in [1.54, 1.807) is 24.3 Å². The van der Waals surface area contributed by atoms with Crippen LogP contribution in [0.25, 0.3) is 10.8 Å². The minimum absolute atomic E-state index is 0.216. The zero-order chi connectivity index (χ0) is 20.8. The SMILES string of the molecule is Cn1nc(CC(=O)OCC(=O)NC(=O)NCc2cccs2)c2ccccc2c1=O. The molecule has 3 amide bonds. The fourth-order valence-electron chi connectivity index (χ4n) is 2.63. The first-order valence-electron chi connectivity index (χ1n) is 8.64. The van der Waals surface area contributed by atoms with Gasteiger partial charge >= 0.3 is 12.0 Å². The van der Waals surface area contributed by atoms with Crippen LogP contribution in [-0.4, -0.2) is 34.3 Å². The topological polar surface area (TPSA) is 119 Å². The molecule has 1 aromatic carbocycles. The van der Waals surface area contributed by atoms with E-state index in [4.69, 9.17) is 4.74 Å². The van der Waals surface area contributed by atoms with Gasteiger partial charge in [0.1, 0.15) is 0 Å². The third-order valence-corrected chi connectivity index (χ3v) is 4.84. The highest BCUT2D eigenvalue weighted by atomic mass is 32.1. The lowest BCUT2D eigenvalue weighted by Gasteiger charge is -2.09. The van der Waals surface area contributed by atoms with Crippen LogP contribution in [0.3, 0.4) is 0 Å². The van der Waals surface area contributed by atoms with E-state index in [0.717, 1.165) is 9.56 Å². The Bertz CT molecular complexity index is 1110. The van der Waals surface area contributed by atoms with Crippen molar-refractivity contribution in [1.82, 2.24) is 20.4 Å². The van der Waals surface area contributed by atoms with Gasteiger partial charge in [0.05, 0.1) is 24.0 Å². The third kappa shape index (κ3) is 5.26. The lowest BCUT2D eigenvalue weighted by Crippen LogP contribution is -2.41. The molecule has 10 heteroatoms. The van der Waals surface area contributed by atoms with Crippen molar-refractivity contribution in [2.75, 3.05) is 6.61 Å². The molecule has 0 aliphatic carbocycles. The number of thiophene rings is 1. The van der Waals surface area contributed by atoms with Gasteiger partial charge in [-0.05, 0) is 17.5 Å². The van der Waals surface area contributed by atoms with Crippen LogP contribution in [0, 0.1) is 0 Å². The van der Waals surface area contributed by atoms with E-state index >= 15 is 0 Å². The number of carbonyl (C=O) groups excluding carboxylic acids is 3. The average molecular weight is 414 g/mol. The molecule has 0 aliphatic rings. The quantitative estimate of drug-likeness (QED) is 0.583. The summed E-state index contributed by atoms with van der Waals surface area (Å²) in [4.78, 5) is 48.6. The molecule has 0 saturated carbocycles. The van der Waals surface area contributed by atoms with Crippen molar-refractivity contribution in [2.45, 2.75) is 13.0 Å². The van der Waals surface area contributed by atoms with Crippen LogP contribution >= 0.6 is 11.3 Å². The Hall–Kier alpha value is -3.53. The predicted octanol–water partition coefficient (Wildman–Crippen LogP) is 1.11. The summed E-state index contributed by atoms with van der Waals surface area (Å²) in [5.74, 6) is -1.45. The lowest BCUT2D eigenvalue weighted by atomic mass is 10.1. The molecular weight excluding hydrogens is 396 g/mol. The van der Waals surface area contributed by atoms with Gasteiger partial charge in [0.15, 0.2) is 6.61 Å². The molecule has 0 atom stereocenters. The summed E-state index contributed by atoms with van der Waals surface area (Å²) >= 11 is 1.48. The van der Waals surface area contributed by atoms with Crippen molar-refractivity contribution in [3.05, 3.63) is 62.7 Å². The highest BCUT2D eigenvalue weighted by Crippen LogP contribution is 2.13. The number of carbonyl (C=O) groups is 3. The number of amides is 3. The number of ether oxygens (including phenoxy) is 1. The van der Waals surface area contributed by atoms with Gasteiger partial charge in [-0.3, -0.25) is 19.7 Å². The van der Waals surface area contributed by atoms with Crippen LogP contribution < -0.4 is 16.2 Å². The Labute approximate surface area is 169 Å². The second kappa shape index (κ2) is 9.11. The smallest absolute Gasteiger partial charge is 0.321 e. The van der Waals surface area contributed by atoms with E-state index < -0.39 is 24.5 Å². The van der Waals surface area contributed by atoms with Gasteiger partial charge < -0.3 is 10.1 Å². The number of hydrogen-bond donors (Lipinski definition) is 2. The molecule has 2 heterocycles. The normalized spacial score (nSPS) is 10.5. The molecule has 0 fully saturated rings. The van der Waals surface area contributed by atoms with Crippen molar-refractivity contribution in [3.63, 3.8) is 0 Å². The van der Waals surface area contributed by atoms with E-state index in [1.165, 1.54) is 18.4 Å². The van der Waals surface area contributed by atoms with Gasteiger partial charge in [-0.1, -0.05) is 24.3 Å². The molecule has 150 valence electrons. The van der Waals surface area contributed by atoms with Crippen LogP contribution in [0.2, 0.25) is 0 Å².